The van der Waals surface area contributed by atoms with Gasteiger partial charge in [0.05, 0.1) is 23.5 Å². The number of alkyl halides is 2. The zero-order chi connectivity index (χ0) is 22.8. The molecule has 10 heteroatoms. The molecular formula is C22H21F2N5O2S. The molecule has 0 aliphatic heterocycles. The predicted molar refractivity (Wildman–Crippen MR) is 117 cm³/mol. The highest BCUT2D eigenvalue weighted by molar-refractivity contribution is 7.05. The zero-order valence-corrected chi connectivity index (χ0v) is 18.3. The number of aromatic nitrogens is 5. The van der Waals surface area contributed by atoms with Crippen LogP contribution in [0, 0.1) is 13.8 Å². The van der Waals surface area contributed by atoms with Gasteiger partial charge in [-0.1, -0.05) is 12.1 Å². The van der Waals surface area contributed by atoms with E-state index in [9.17, 15) is 18.7 Å². The summed E-state index contributed by atoms with van der Waals surface area (Å²) in [4.78, 5) is 17.9. The molecule has 1 aromatic carbocycles. The summed E-state index contributed by atoms with van der Waals surface area (Å²) in [6, 6.07) is 7.59. The lowest BCUT2D eigenvalue weighted by Gasteiger charge is -2.17. The lowest BCUT2D eigenvalue weighted by atomic mass is 10.0. The van der Waals surface area contributed by atoms with Gasteiger partial charge in [0.1, 0.15) is 11.7 Å². The third-order valence-electron chi connectivity index (χ3n) is 5.15. The van der Waals surface area contributed by atoms with E-state index >= 15 is 0 Å². The number of benzene rings is 1. The summed E-state index contributed by atoms with van der Waals surface area (Å²) < 4.78 is 33.9. The third-order valence-corrected chi connectivity index (χ3v) is 6.00. The molecule has 0 amide bonds. The molecule has 0 saturated carbocycles. The molecule has 0 aliphatic rings. The first-order valence-electron chi connectivity index (χ1n) is 9.90. The largest absolute Gasteiger partial charge is 0.394 e. The van der Waals surface area contributed by atoms with E-state index < -0.39 is 30.3 Å². The maximum Gasteiger partial charge on any atom is 0.282 e. The van der Waals surface area contributed by atoms with E-state index in [2.05, 4.69) is 14.5 Å². The van der Waals surface area contributed by atoms with Crippen LogP contribution in [0.5, 0.6) is 0 Å². The number of aliphatic hydroxyl groups is 1. The van der Waals surface area contributed by atoms with Crippen molar-refractivity contribution >= 4 is 11.5 Å². The molecule has 4 aromatic rings. The number of hydrogen-bond donors (Lipinski definition) is 1. The van der Waals surface area contributed by atoms with Crippen LogP contribution in [0.4, 0.5) is 8.78 Å². The summed E-state index contributed by atoms with van der Waals surface area (Å²) in [7, 11) is 0. The van der Waals surface area contributed by atoms with E-state index in [-0.39, 0.29) is 12.0 Å². The van der Waals surface area contributed by atoms with Crippen LogP contribution in [0.2, 0.25) is 0 Å². The fourth-order valence-electron chi connectivity index (χ4n) is 3.61. The summed E-state index contributed by atoms with van der Waals surface area (Å²) in [5.74, 6) is 0. The first-order chi connectivity index (χ1) is 15.4. The molecule has 32 heavy (non-hydrogen) atoms. The molecule has 3 aromatic heterocycles. The second-order valence-electron chi connectivity index (χ2n) is 7.48. The normalized spacial score (nSPS) is 12.4. The lowest BCUT2D eigenvalue weighted by Crippen LogP contribution is -2.33. The van der Waals surface area contributed by atoms with Gasteiger partial charge in [0.15, 0.2) is 0 Å². The van der Waals surface area contributed by atoms with Crippen LogP contribution in [0.1, 0.15) is 45.4 Å². The Bertz CT molecular complexity index is 1280. The van der Waals surface area contributed by atoms with Crippen molar-refractivity contribution in [3.05, 3.63) is 92.4 Å². The number of rotatable bonds is 7. The van der Waals surface area contributed by atoms with Crippen LogP contribution in [0.15, 0.2) is 53.8 Å². The maximum absolute atomic E-state index is 13.6. The molecular weight excluding hydrogens is 436 g/mol. The van der Waals surface area contributed by atoms with E-state index in [1.54, 1.807) is 12.4 Å². The van der Waals surface area contributed by atoms with Crippen molar-refractivity contribution in [1.82, 2.24) is 23.7 Å². The summed E-state index contributed by atoms with van der Waals surface area (Å²) in [5.41, 5.74) is 2.75. The Morgan fingerprint density at radius 3 is 2.59 bits per heavy atom. The number of aliphatic hydroxyl groups excluding tert-OH is 1. The van der Waals surface area contributed by atoms with Crippen molar-refractivity contribution in [1.29, 1.82) is 0 Å². The van der Waals surface area contributed by atoms with Crippen LogP contribution in [0.3, 0.4) is 0 Å². The van der Waals surface area contributed by atoms with Crippen molar-refractivity contribution in [2.24, 2.45) is 0 Å². The minimum Gasteiger partial charge on any atom is -0.394 e. The Kier molecular flexibility index (Phi) is 6.24. The minimum atomic E-state index is -2.85. The maximum atomic E-state index is 13.6. The Morgan fingerprint density at radius 2 is 2.00 bits per heavy atom. The summed E-state index contributed by atoms with van der Waals surface area (Å²) in [6.45, 7) is 3.38. The molecule has 166 valence electrons. The van der Waals surface area contributed by atoms with Gasteiger partial charge in [-0.15, -0.1) is 0 Å². The smallest absolute Gasteiger partial charge is 0.282 e. The highest BCUT2D eigenvalue weighted by atomic mass is 32.1. The van der Waals surface area contributed by atoms with Gasteiger partial charge in [0.25, 0.3) is 12.0 Å². The van der Waals surface area contributed by atoms with E-state index in [1.165, 1.54) is 6.20 Å². The fraction of sp³-hybridized carbons (Fsp3) is 0.273. The standard InChI is InChI=1S/C22H21F2N5O2S/c1-13-7-15(3-4-18(13)28-10-14(2)25-12-28)8-16-9-17(21(23)24)27-29(22(16)31)19(11-30)20-5-6-26-32-20/h3-7,9-10,12,19,21,30H,8,11H2,1-2H3/t19-/m0/s1. The fourth-order valence-corrected chi connectivity index (χ4v) is 4.27. The van der Waals surface area contributed by atoms with Gasteiger partial charge >= 0.3 is 0 Å². The molecule has 3 heterocycles. The van der Waals surface area contributed by atoms with E-state index in [0.717, 1.165) is 44.8 Å². The van der Waals surface area contributed by atoms with Crippen LogP contribution < -0.4 is 5.56 Å². The van der Waals surface area contributed by atoms with Gasteiger partial charge in [-0.3, -0.25) is 4.79 Å². The predicted octanol–water partition coefficient (Wildman–Crippen LogP) is 3.61. The van der Waals surface area contributed by atoms with Gasteiger partial charge in [-0.25, -0.2) is 22.8 Å². The minimum absolute atomic E-state index is 0.159. The molecule has 0 saturated heterocycles. The molecule has 0 aliphatic carbocycles. The highest BCUT2D eigenvalue weighted by Crippen LogP contribution is 2.23. The van der Waals surface area contributed by atoms with Crippen molar-refractivity contribution in [3.63, 3.8) is 0 Å². The average molecular weight is 458 g/mol. The lowest BCUT2D eigenvalue weighted by molar-refractivity contribution is 0.140. The van der Waals surface area contributed by atoms with E-state index in [4.69, 9.17) is 0 Å². The molecule has 1 N–H and O–H groups in total. The molecule has 7 nitrogen and oxygen atoms in total. The van der Waals surface area contributed by atoms with Gasteiger partial charge in [0.2, 0.25) is 0 Å². The van der Waals surface area contributed by atoms with E-state index in [1.807, 2.05) is 42.8 Å². The Hall–Kier alpha value is -3.24. The number of nitrogens with zero attached hydrogens (tertiary/aromatic N) is 5. The van der Waals surface area contributed by atoms with Gasteiger partial charge in [-0.2, -0.15) is 5.10 Å². The van der Waals surface area contributed by atoms with Crippen molar-refractivity contribution < 1.29 is 13.9 Å². The van der Waals surface area contributed by atoms with Crippen LogP contribution in [0.25, 0.3) is 5.69 Å². The molecule has 0 fully saturated rings. The average Bonchev–Trinajstić information content (AvgIpc) is 3.43. The van der Waals surface area contributed by atoms with Crippen molar-refractivity contribution in [3.8, 4) is 5.69 Å². The summed E-state index contributed by atoms with van der Waals surface area (Å²) in [6.07, 6.45) is 2.47. The van der Waals surface area contributed by atoms with Crippen molar-refractivity contribution in [2.45, 2.75) is 32.7 Å². The first kappa shape index (κ1) is 22.0. The molecule has 1 atom stereocenters. The molecule has 0 bridgehead atoms. The van der Waals surface area contributed by atoms with Crippen LogP contribution in [-0.4, -0.2) is 35.4 Å². The van der Waals surface area contributed by atoms with Gasteiger partial charge < -0.3 is 9.67 Å². The topological polar surface area (TPSA) is 85.8 Å². The molecule has 0 unspecified atom stereocenters. The number of halogens is 2. The third kappa shape index (κ3) is 4.37. The number of aryl methyl sites for hydroxylation is 2. The van der Waals surface area contributed by atoms with Crippen LogP contribution in [-0.2, 0) is 6.42 Å². The second-order valence-corrected chi connectivity index (χ2v) is 8.34. The Morgan fingerprint density at radius 1 is 1.19 bits per heavy atom. The Balaban J connectivity index is 1.73. The SMILES string of the molecule is Cc1cn(-c2ccc(Cc3cc(C(F)F)nn([C@@H](CO)c4ccns4)c3=O)cc2C)cn1. The summed E-state index contributed by atoms with van der Waals surface area (Å²) in [5, 5.41) is 13.7. The zero-order valence-electron chi connectivity index (χ0n) is 17.4. The quantitative estimate of drug-likeness (QED) is 0.458. The van der Waals surface area contributed by atoms with Crippen LogP contribution >= 0.6 is 11.5 Å². The summed E-state index contributed by atoms with van der Waals surface area (Å²) >= 11 is 1.08. The Labute approximate surface area is 186 Å². The first-order valence-corrected chi connectivity index (χ1v) is 10.7. The molecule has 4 rings (SSSR count). The van der Waals surface area contributed by atoms with Gasteiger partial charge in [-0.05, 0) is 54.7 Å². The van der Waals surface area contributed by atoms with Crippen molar-refractivity contribution in [2.75, 3.05) is 6.61 Å². The number of imidazole rings is 1. The molecule has 0 spiro atoms. The van der Waals surface area contributed by atoms with E-state index in [0.29, 0.717) is 4.88 Å². The second kappa shape index (κ2) is 9.09. The van der Waals surface area contributed by atoms with Gasteiger partial charge in [0, 0.05) is 30.1 Å². The highest BCUT2D eigenvalue weighted by Gasteiger charge is 2.22. The monoisotopic (exact) mass is 457 g/mol. The number of hydrogen-bond acceptors (Lipinski definition) is 6. The molecule has 0 radical (unpaired) electrons.